The molecule has 0 N–H and O–H groups in total. The number of carbonyl (C=O) groups is 1. The van der Waals surface area contributed by atoms with Gasteiger partial charge in [0.05, 0.1) is 0 Å². The van der Waals surface area contributed by atoms with Crippen molar-refractivity contribution in [2.75, 3.05) is 13.2 Å². The minimum Gasteiger partial charge on any atom is -0.458 e. The summed E-state index contributed by atoms with van der Waals surface area (Å²) in [6.07, 6.45) is 6.19. The van der Waals surface area contributed by atoms with Crippen molar-refractivity contribution < 1.29 is 14.3 Å². The first-order valence-corrected chi connectivity index (χ1v) is 6.36. The van der Waals surface area contributed by atoms with Crippen LogP contribution in [-0.2, 0) is 14.3 Å². The molecule has 1 saturated carbocycles. The fraction of sp³-hybridized carbons (Fsp3) is 0.923. The number of hydrogen-bond donors (Lipinski definition) is 0. The molecule has 1 fully saturated rings. The van der Waals surface area contributed by atoms with E-state index in [9.17, 15) is 4.79 Å². The number of ether oxygens (including phenoxy) is 2. The zero-order valence-electron chi connectivity index (χ0n) is 10.8. The third-order valence-electron chi connectivity index (χ3n) is 3.39. The van der Waals surface area contributed by atoms with Crippen LogP contribution in [0.5, 0.6) is 0 Å². The van der Waals surface area contributed by atoms with Crippen molar-refractivity contribution >= 4 is 5.97 Å². The van der Waals surface area contributed by atoms with Gasteiger partial charge in [0.1, 0.15) is 12.2 Å². The van der Waals surface area contributed by atoms with Gasteiger partial charge in [0.25, 0.3) is 0 Å². The zero-order chi connectivity index (χ0) is 12.0. The molecule has 16 heavy (non-hydrogen) atoms. The van der Waals surface area contributed by atoms with Crippen LogP contribution in [0.2, 0.25) is 0 Å². The van der Waals surface area contributed by atoms with Gasteiger partial charge in [-0.05, 0) is 39.5 Å². The molecule has 0 spiro atoms. The van der Waals surface area contributed by atoms with Gasteiger partial charge in [-0.1, -0.05) is 19.3 Å². The van der Waals surface area contributed by atoms with Crippen molar-refractivity contribution in [2.45, 2.75) is 58.5 Å². The van der Waals surface area contributed by atoms with Crippen LogP contribution in [0.15, 0.2) is 0 Å². The predicted molar refractivity (Wildman–Crippen MR) is 63.2 cm³/mol. The molecule has 0 aromatic carbocycles. The van der Waals surface area contributed by atoms with Gasteiger partial charge in [-0.25, -0.2) is 4.79 Å². The van der Waals surface area contributed by atoms with Gasteiger partial charge in [-0.3, -0.25) is 0 Å². The Labute approximate surface area is 98.5 Å². The van der Waals surface area contributed by atoms with Gasteiger partial charge < -0.3 is 9.47 Å². The third-order valence-corrected chi connectivity index (χ3v) is 3.39. The molecule has 1 aliphatic rings. The summed E-state index contributed by atoms with van der Waals surface area (Å²) in [7, 11) is 0. The molecule has 0 saturated heterocycles. The van der Waals surface area contributed by atoms with Crippen LogP contribution in [0, 0.1) is 5.92 Å². The Morgan fingerprint density at radius 1 is 1.25 bits per heavy atom. The lowest BCUT2D eigenvalue weighted by atomic mass is 9.79. The SMILES string of the molecule is CCOCC(=O)OC(C)(C)C1CCCCC1. The van der Waals surface area contributed by atoms with E-state index in [2.05, 4.69) is 0 Å². The standard InChI is InChI=1S/C13H24O3/c1-4-15-10-12(14)16-13(2,3)11-8-6-5-7-9-11/h11H,4-10H2,1-3H3. The van der Waals surface area contributed by atoms with Crippen molar-refractivity contribution in [3.63, 3.8) is 0 Å². The summed E-state index contributed by atoms with van der Waals surface area (Å²) in [5.41, 5.74) is -0.339. The van der Waals surface area contributed by atoms with Gasteiger partial charge in [0.15, 0.2) is 0 Å². The van der Waals surface area contributed by atoms with Crippen LogP contribution in [0.1, 0.15) is 52.9 Å². The van der Waals surface area contributed by atoms with E-state index in [0.29, 0.717) is 12.5 Å². The minimum absolute atomic E-state index is 0.0760. The highest BCUT2D eigenvalue weighted by Crippen LogP contribution is 2.34. The van der Waals surface area contributed by atoms with Crippen LogP contribution in [0.3, 0.4) is 0 Å². The molecule has 0 heterocycles. The van der Waals surface area contributed by atoms with E-state index in [-0.39, 0.29) is 18.2 Å². The molecule has 0 unspecified atom stereocenters. The lowest BCUT2D eigenvalue weighted by molar-refractivity contribution is -0.168. The first-order valence-electron chi connectivity index (χ1n) is 6.36. The number of hydrogen-bond acceptors (Lipinski definition) is 3. The normalized spacial score (nSPS) is 18.4. The molecule has 1 rings (SSSR count). The van der Waals surface area contributed by atoms with Crippen LogP contribution in [-0.4, -0.2) is 24.8 Å². The fourth-order valence-corrected chi connectivity index (χ4v) is 2.39. The van der Waals surface area contributed by atoms with E-state index in [1.165, 1.54) is 32.1 Å². The van der Waals surface area contributed by atoms with Crippen molar-refractivity contribution in [3.8, 4) is 0 Å². The topological polar surface area (TPSA) is 35.5 Å². The van der Waals surface area contributed by atoms with E-state index >= 15 is 0 Å². The average Bonchev–Trinajstić information content (AvgIpc) is 2.27. The molecule has 0 bridgehead atoms. The Kier molecular flexibility index (Phi) is 5.26. The van der Waals surface area contributed by atoms with Gasteiger partial charge in [-0.2, -0.15) is 0 Å². The monoisotopic (exact) mass is 228 g/mol. The molecule has 3 heteroatoms. The molecule has 0 radical (unpaired) electrons. The Morgan fingerprint density at radius 3 is 2.44 bits per heavy atom. The lowest BCUT2D eigenvalue weighted by Gasteiger charge is -2.36. The molecule has 3 nitrogen and oxygen atoms in total. The van der Waals surface area contributed by atoms with Gasteiger partial charge in [0.2, 0.25) is 0 Å². The van der Waals surface area contributed by atoms with E-state index in [1.54, 1.807) is 0 Å². The van der Waals surface area contributed by atoms with Crippen molar-refractivity contribution in [3.05, 3.63) is 0 Å². The molecule has 0 amide bonds. The Morgan fingerprint density at radius 2 is 1.88 bits per heavy atom. The van der Waals surface area contributed by atoms with E-state index in [1.807, 2.05) is 20.8 Å². The molecular formula is C13H24O3. The highest BCUT2D eigenvalue weighted by molar-refractivity contribution is 5.71. The maximum atomic E-state index is 11.5. The zero-order valence-corrected chi connectivity index (χ0v) is 10.8. The van der Waals surface area contributed by atoms with E-state index in [0.717, 1.165) is 0 Å². The van der Waals surface area contributed by atoms with Gasteiger partial charge >= 0.3 is 5.97 Å². The van der Waals surface area contributed by atoms with Gasteiger partial charge in [-0.15, -0.1) is 0 Å². The van der Waals surface area contributed by atoms with Crippen molar-refractivity contribution in [1.82, 2.24) is 0 Å². The molecule has 0 aromatic rings. The number of rotatable bonds is 5. The molecular weight excluding hydrogens is 204 g/mol. The first-order chi connectivity index (χ1) is 7.56. The van der Waals surface area contributed by atoms with Crippen LogP contribution < -0.4 is 0 Å². The summed E-state index contributed by atoms with van der Waals surface area (Å²) in [4.78, 5) is 11.5. The third kappa shape index (κ3) is 4.12. The summed E-state index contributed by atoms with van der Waals surface area (Å²) >= 11 is 0. The summed E-state index contributed by atoms with van der Waals surface area (Å²) in [6, 6.07) is 0. The maximum Gasteiger partial charge on any atom is 0.332 e. The second-order valence-electron chi connectivity index (χ2n) is 5.05. The van der Waals surface area contributed by atoms with E-state index in [4.69, 9.17) is 9.47 Å². The van der Waals surface area contributed by atoms with Crippen molar-refractivity contribution in [1.29, 1.82) is 0 Å². The highest BCUT2D eigenvalue weighted by Gasteiger charge is 2.33. The van der Waals surface area contributed by atoms with Crippen LogP contribution in [0.4, 0.5) is 0 Å². The molecule has 0 aliphatic heterocycles. The van der Waals surface area contributed by atoms with E-state index < -0.39 is 0 Å². The lowest BCUT2D eigenvalue weighted by Crippen LogP contribution is -2.38. The Balaban J connectivity index is 2.39. The predicted octanol–water partition coefficient (Wildman–Crippen LogP) is 2.93. The fourth-order valence-electron chi connectivity index (χ4n) is 2.39. The second kappa shape index (κ2) is 6.24. The average molecular weight is 228 g/mol. The largest absolute Gasteiger partial charge is 0.458 e. The Bertz CT molecular complexity index is 217. The summed E-state index contributed by atoms with van der Waals surface area (Å²) in [5, 5.41) is 0. The van der Waals surface area contributed by atoms with Crippen molar-refractivity contribution in [2.24, 2.45) is 5.92 Å². The highest BCUT2D eigenvalue weighted by atomic mass is 16.6. The summed E-state index contributed by atoms with van der Waals surface area (Å²) in [5.74, 6) is 0.268. The quantitative estimate of drug-likeness (QED) is 0.679. The van der Waals surface area contributed by atoms with Gasteiger partial charge in [0, 0.05) is 6.61 Å². The molecule has 0 aromatic heterocycles. The Hall–Kier alpha value is -0.570. The number of carbonyl (C=O) groups excluding carboxylic acids is 1. The maximum absolute atomic E-state index is 11.5. The van der Waals surface area contributed by atoms with Crippen LogP contribution in [0.25, 0.3) is 0 Å². The van der Waals surface area contributed by atoms with Crippen LogP contribution >= 0.6 is 0 Å². The first kappa shape index (κ1) is 13.5. The number of esters is 1. The second-order valence-corrected chi connectivity index (χ2v) is 5.05. The molecule has 1 aliphatic carbocycles. The molecule has 94 valence electrons. The molecule has 0 atom stereocenters. The minimum atomic E-state index is -0.339. The smallest absolute Gasteiger partial charge is 0.332 e. The summed E-state index contributed by atoms with van der Waals surface area (Å²) < 4.78 is 10.6. The summed E-state index contributed by atoms with van der Waals surface area (Å²) in [6.45, 7) is 6.55.